The Balaban J connectivity index is 2.38. The molecule has 0 amide bonds. The summed E-state index contributed by atoms with van der Waals surface area (Å²) in [6.45, 7) is -0.0561. The minimum atomic E-state index is -4.32. The van der Waals surface area contributed by atoms with Crippen LogP contribution in [0.25, 0.3) is 0 Å². The van der Waals surface area contributed by atoms with E-state index in [0.717, 1.165) is 16.4 Å². The van der Waals surface area contributed by atoms with Gasteiger partial charge in [-0.05, 0) is 23.8 Å². The molecule has 0 fully saturated rings. The largest absolute Gasteiger partial charge is 0.399 e. The number of rotatable bonds is 4. The second kappa shape index (κ2) is 5.74. The molecular weight excluding hydrogens is 300 g/mol. The van der Waals surface area contributed by atoms with Gasteiger partial charge < -0.3 is 5.73 Å². The summed E-state index contributed by atoms with van der Waals surface area (Å²) in [5.74, 6) is -2.43. The fraction of sp³-hybridized carbons (Fsp3) is 0.154. The maximum Gasteiger partial charge on any atom is 0.248 e. The average molecular weight is 313 g/mol. The number of hydrogen-bond donors (Lipinski definition) is 1. The van der Waals surface area contributed by atoms with Crippen LogP contribution < -0.4 is 5.73 Å². The van der Waals surface area contributed by atoms with Crippen molar-refractivity contribution in [2.45, 2.75) is 11.4 Å². The number of nitrogens with two attached hydrogens (primary N) is 1. The molecule has 0 spiro atoms. The first-order valence-corrected chi connectivity index (χ1v) is 7.36. The van der Waals surface area contributed by atoms with E-state index in [4.69, 9.17) is 5.73 Å². The molecular formula is C13H13F2N3O2S. The molecule has 2 aromatic rings. The first-order chi connectivity index (χ1) is 9.82. The number of nitrogens with zero attached hydrogens (tertiary/aromatic N) is 2. The molecule has 0 radical (unpaired) electrons. The monoisotopic (exact) mass is 313 g/mol. The average Bonchev–Trinajstić information content (AvgIpc) is 2.38. The van der Waals surface area contributed by atoms with Crippen molar-refractivity contribution in [3.63, 3.8) is 0 Å². The Labute approximate surface area is 121 Å². The third kappa shape index (κ3) is 3.17. The van der Waals surface area contributed by atoms with Crippen molar-refractivity contribution >= 4 is 15.7 Å². The van der Waals surface area contributed by atoms with Crippen molar-refractivity contribution in [3.05, 3.63) is 53.9 Å². The van der Waals surface area contributed by atoms with Crippen LogP contribution in [0.5, 0.6) is 0 Å². The summed E-state index contributed by atoms with van der Waals surface area (Å²) in [6.07, 6.45) is 3.01. The quantitative estimate of drug-likeness (QED) is 0.873. The van der Waals surface area contributed by atoms with Crippen LogP contribution in [-0.2, 0) is 16.6 Å². The molecule has 2 rings (SSSR count). The Morgan fingerprint density at radius 1 is 1.29 bits per heavy atom. The highest BCUT2D eigenvalue weighted by atomic mass is 32.2. The fourth-order valence-corrected chi connectivity index (χ4v) is 3.06. The predicted octanol–water partition coefficient (Wildman–Crippen LogP) is 1.76. The Kier molecular flexibility index (Phi) is 4.19. The van der Waals surface area contributed by atoms with E-state index in [9.17, 15) is 17.2 Å². The minimum Gasteiger partial charge on any atom is -0.399 e. The summed E-state index contributed by atoms with van der Waals surface area (Å²) < 4.78 is 52.9. The molecule has 5 nitrogen and oxygen atoms in total. The van der Waals surface area contributed by atoms with Crippen LogP contribution >= 0.6 is 0 Å². The number of aromatic nitrogens is 1. The molecule has 0 aliphatic heterocycles. The van der Waals surface area contributed by atoms with Crippen LogP contribution in [0.3, 0.4) is 0 Å². The SMILES string of the molecule is CN(Cc1cccnc1)S(=O)(=O)c1c(F)cc(N)cc1F. The van der Waals surface area contributed by atoms with Gasteiger partial charge in [-0.15, -0.1) is 0 Å². The van der Waals surface area contributed by atoms with Crippen molar-refractivity contribution in [2.75, 3.05) is 12.8 Å². The number of halogens is 2. The lowest BCUT2D eigenvalue weighted by atomic mass is 10.3. The first-order valence-electron chi connectivity index (χ1n) is 5.92. The van der Waals surface area contributed by atoms with Crippen molar-refractivity contribution < 1.29 is 17.2 Å². The number of pyridine rings is 1. The zero-order valence-electron chi connectivity index (χ0n) is 11.1. The van der Waals surface area contributed by atoms with E-state index in [2.05, 4.69) is 4.98 Å². The van der Waals surface area contributed by atoms with E-state index < -0.39 is 26.6 Å². The van der Waals surface area contributed by atoms with Crippen LogP contribution in [0.1, 0.15) is 5.56 Å². The smallest absolute Gasteiger partial charge is 0.248 e. The van der Waals surface area contributed by atoms with Gasteiger partial charge >= 0.3 is 0 Å². The Bertz CT molecular complexity index is 728. The van der Waals surface area contributed by atoms with Crippen molar-refractivity contribution in [1.29, 1.82) is 0 Å². The van der Waals surface area contributed by atoms with Crippen LogP contribution in [0, 0.1) is 11.6 Å². The van der Waals surface area contributed by atoms with E-state index in [1.165, 1.54) is 19.4 Å². The van der Waals surface area contributed by atoms with Gasteiger partial charge in [0.25, 0.3) is 0 Å². The standard InChI is InChI=1S/C13H13F2N3O2S/c1-18(8-9-3-2-4-17-7-9)21(19,20)13-11(14)5-10(16)6-12(13)15/h2-7H,8,16H2,1H3. The molecule has 8 heteroatoms. The Morgan fingerprint density at radius 2 is 1.90 bits per heavy atom. The third-order valence-electron chi connectivity index (χ3n) is 2.82. The molecule has 0 saturated carbocycles. The number of hydrogen-bond acceptors (Lipinski definition) is 4. The second-order valence-corrected chi connectivity index (χ2v) is 6.42. The molecule has 0 atom stereocenters. The van der Waals surface area contributed by atoms with Crippen LogP contribution in [0.4, 0.5) is 14.5 Å². The van der Waals surface area contributed by atoms with Gasteiger partial charge in [0.2, 0.25) is 10.0 Å². The zero-order valence-corrected chi connectivity index (χ0v) is 11.9. The fourth-order valence-electron chi connectivity index (χ4n) is 1.82. The van der Waals surface area contributed by atoms with Gasteiger partial charge in [0.15, 0.2) is 4.90 Å². The minimum absolute atomic E-state index is 0.0561. The summed E-state index contributed by atoms with van der Waals surface area (Å²) in [6, 6.07) is 4.84. The summed E-state index contributed by atoms with van der Waals surface area (Å²) in [5, 5.41) is 0. The van der Waals surface area contributed by atoms with E-state index >= 15 is 0 Å². The Morgan fingerprint density at radius 3 is 2.43 bits per heavy atom. The van der Waals surface area contributed by atoms with Crippen LogP contribution in [0.15, 0.2) is 41.6 Å². The molecule has 21 heavy (non-hydrogen) atoms. The maximum absolute atomic E-state index is 13.8. The molecule has 1 aromatic heterocycles. The van der Waals surface area contributed by atoms with E-state index in [1.54, 1.807) is 12.1 Å². The summed E-state index contributed by atoms with van der Waals surface area (Å²) in [7, 11) is -3.08. The number of sulfonamides is 1. The number of benzene rings is 1. The highest BCUT2D eigenvalue weighted by molar-refractivity contribution is 7.89. The predicted molar refractivity (Wildman–Crippen MR) is 73.7 cm³/mol. The number of nitrogen functional groups attached to an aromatic ring is 1. The lowest BCUT2D eigenvalue weighted by Gasteiger charge is -2.18. The molecule has 0 aliphatic rings. The second-order valence-electron chi connectivity index (χ2n) is 4.44. The van der Waals surface area contributed by atoms with Crippen molar-refractivity contribution in [2.24, 2.45) is 0 Å². The van der Waals surface area contributed by atoms with E-state index in [0.29, 0.717) is 5.56 Å². The van der Waals surface area contributed by atoms with Crippen molar-refractivity contribution in [3.8, 4) is 0 Å². The highest BCUT2D eigenvalue weighted by Gasteiger charge is 2.28. The summed E-state index contributed by atoms with van der Waals surface area (Å²) in [4.78, 5) is 2.84. The normalized spacial score (nSPS) is 11.8. The van der Waals surface area contributed by atoms with Gasteiger partial charge in [-0.3, -0.25) is 4.98 Å². The number of anilines is 1. The third-order valence-corrected chi connectivity index (χ3v) is 4.67. The molecule has 0 saturated heterocycles. The van der Waals surface area contributed by atoms with Gasteiger partial charge in [-0.1, -0.05) is 6.07 Å². The molecule has 0 unspecified atom stereocenters. The first kappa shape index (κ1) is 15.3. The van der Waals surface area contributed by atoms with Crippen molar-refractivity contribution in [1.82, 2.24) is 9.29 Å². The highest BCUT2D eigenvalue weighted by Crippen LogP contribution is 2.25. The molecule has 2 N–H and O–H groups in total. The van der Waals surface area contributed by atoms with E-state index in [1.807, 2.05) is 0 Å². The van der Waals surface area contributed by atoms with Crippen LogP contribution in [-0.4, -0.2) is 24.8 Å². The lowest BCUT2D eigenvalue weighted by Crippen LogP contribution is -2.28. The van der Waals surface area contributed by atoms with Crippen LogP contribution in [0.2, 0.25) is 0 Å². The topological polar surface area (TPSA) is 76.3 Å². The van der Waals surface area contributed by atoms with Gasteiger partial charge in [-0.25, -0.2) is 17.2 Å². The summed E-state index contributed by atoms with van der Waals surface area (Å²) in [5.41, 5.74) is 5.69. The molecule has 1 heterocycles. The van der Waals surface area contributed by atoms with Gasteiger partial charge in [0.1, 0.15) is 11.6 Å². The maximum atomic E-state index is 13.8. The Hall–Kier alpha value is -2.06. The molecule has 0 bridgehead atoms. The lowest BCUT2D eigenvalue weighted by molar-refractivity contribution is 0.448. The van der Waals surface area contributed by atoms with Gasteiger partial charge in [0, 0.05) is 31.7 Å². The molecule has 112 valence electrons. The van der Waals surface area contributed by atoms with E-state index in [-0.39, 0.29) is 12.2 Å². The molecule has 1 aromatic carbocycles. The summed E-state index contributed by atoms with van der Waals surface area (Å²) >= 11 is 0. The van der Waals surface area contributed by atoms with Gasteiger partial charge in [0.05, 0.1) is 0 Å². The molecule has 0 aliphatic carbocycles. The zero-order chi connectivity index (χ0) is 15.6. The van der Waals surface area contributed by atoms with Gasteiger partial charge in [-0.2, -0.15) is 4.31 Å².